The van der Waals surface area contributed by atoms with Gasteiger partial charge in [0, 0.05) is 11.3 Å². The van der Waals surface area contributed by atoms with Gasteiger partial charge in [-0.2, -0.15) is 0 Å². The van der Waals surface area contributed by atoms with Crippen LogP contribution in [0.3, 0.4) is 0 Å². The molecule has 0 saturated carbocycles. The first-order valence-electron chi connectivity index (χ1n) is 9.28. The summed E-state index contributed by atoms with van der Waals surface area (Å²) in [7, 11) is 1.47. The number of carbonyl (C=O) groups is 1. The molecule has 2 aromatic heterocycles. The first kappa shape index (κ1) is 21.1. The Hall–Kier alpha value is -4.15. The molecule has 8 nitrogen and oxygen atoms in total. The van der Waals surface area contributed by atoms with Crippen molar-refractivity contribution in [2.45, 2.75) is 12.4 Å². The third-order valence-corrected chi connectivity index (χ3v) is 4.51. The van der Waals surface area contributed by atoms with E-state index in [2.05, 4.69) is 30.3 Å². The zero-order valence-corrected chi connectivity index (χ0v) is 16.6. The molecule has 3 aromatic rings. The smallest absolute Gasteiger partial charge is 0.480 e. The van der Waals surface area contributed by atoms with E-state index in [1.807, 2.05) is 0 Å². The number of aromatic nitrogens is 3. The van der Waals surface area contributed by atoms with E-state index < -0.39 is 12.4 Å². The number of aldehydes is 1. The Balaban J connectivity index is 1.74. The third kappa shape index (κ3) is 4.61. The molecule has 0 spiro atoms. The van der Waals surface area contributed by atoms with Crippen molar-refractivity contribution in [3.05, 3.63) is 60.1 Å². The Morgan fingerprint density at radius 1 is 1.12 bits per heavy atom. The molecule has 0 aliphatic carbocycles. The molecule has 0 saturated heterocycles. The average molecular weight is 443 g/mol. The first-order chi connectivity index (χ1) is 15.4. The van der Waals surface area contributed by atoms with E-state index in [1.165, 1.54) is 43.8 Å². The van der Waals surface area contributed by atoms with E-state index in [1.54, 1.807) is 18.3 Å². The van der Waals surface area contributed by atoms with Crippen molar-refractivity contribution >= 4 is 23.9 Å². The molecular formula is C21H16F3N5O3. The van der Waals surface area contributed by atoms with Gasteiger partial charge in [0.15, 0.2) is 0 Å². The second kappa shape index (κ2) is 8.53. The molecule has 11 heteroatoms. The van der Waals surface area contributed by atoms with Crippen molar-refractivity contribution in [3.8, 4) is 23.0 Å². The maximum atomic E-state index is 12.4. The summed E-state index contributed by atoms with van der Waals surface area (Å²) in [4.78, 5) is 24.6. The number of halogens is 3. The second-order valence-corrected chi connectivity index (χ2v) is 6.62. The van der Waals surface area contributed by atoms with Crippen molar-refractivity contribution in [2.75, 3.05) is 12.4 Å². The van der Waals surface area contributed by atoms with Crippen molar-refractivity contribution in [1.29, 1.82) is 0 Å². The van der Waals surface area contributed by atoms with E-state index >= 15 is 0 Å². The minimum Gasteiger partial charge on any atom is -0.480 e. The number of methoxy groups -OCH3 is 1. The molecule has 3 heterocycles. The van der Waals surface area contributed by atoms with Crippen LogP contribution in [0.15, 0.2) is 48.9 Å². The molecule has 164 valence electrons. The lowest BCUT2D eigenvalue weighted by Crippen LogP contribution is -2.23. The summed E-state index contributed by atoms with van der Waals surface area (Å²) < 4.78 is 46.2. The van der Waals surface area contributed by atoms with Crippen LogP contribution in [0.4, 0.5) is 24.7 Å². The Labute approximate surface area is 180 Å². The average Bonchev–Trinajstić information content (AvgIpc) is 2.78. The molecule has 4 rings (SSSR count). The van der Waals surface area contributed by atoms with Crippen molar-refractivity contribution < 1.29 is 27.4 Å². The van der Waals surface area contributed by atoms with Gasteiger partial charge in [-0.1, -0.05) is 0 Å². The highest BCUT2D eigenvalue weighted by molar-refractivity contribution is 5.79. The lowest BCUT2D eigenvalue weighted by molar-refractivity contribution is -0.274. The van der Waals surface area contributed by atoms with E-state index in [-0.39, 0.29) is 5.75 Å². The highest BCUT2D eigenvalue weighted by Gasteiger charge is 2.31. The number of alkyl halides is 3. The number of benzene rings is 1. The Kier molecular flexibility index (Phi) is 5.63. The summed E-state index contributed by atoms with van der Waals surface area (Å²) in [5.74, 6) is 0.286. The predicted octanol–water partition coefficient (Wildman–Crippen LogP) is 4.00. The fraction of sp³-hybridized carbons (Fsp3) is 0.143. The van der Waals surface area contributed by atoms with Crippen LogP contribution in [0.25, 0.3) is 17.5 Å². The maximum absolute atomic E-state index is 12.4. The molecule has 1 atom stereocenters. The van der Waals surface area contributed by atoms with Gasteiger partial charge in [-0.15, -0.1) is 13.2 Å². The Morgan fingerprint density at radius 2 is 1.91 bits per heavy atom. The van der Waals surface area contributed by atoms with Crippen LogP contribution in [0, 0.1) is 0 Å². The molecule has 0 radical (unpaired) electrons. The van der Waals surface area contributed by atoms with Gasteiger partial charge < -0.3 is 24.9 Å². The van der Waals surface area contributed by atoms with Gasteiger partial charge in [0.2, 0.25) is 5.88 Å². The monoisotopic (exact) mass is 443 g/mol. The fourth-order valence-corrected chi connectivity index (χ4v) is 3.14. The molecule has 1 unspecified atom stereocenters. The highest BCUT2D eigenvalue weighted by Crippen LogP contribution is 2.34. The summed E-state index contributed by atoms with van der Waals surface area (Å²) in [5.41, 5.74) is 2.65. The lowest BCUT2D eigenvalue weighted by Gasteiger charge is -2.23. The highest BCUT2D eigenvalue weighted by atomic mass is 19.4. The van der Waals surface area contributed by atoms with Crippen LogP contribution >= 0.6 is 0 Å². The molecule has 0 fully saturated rings. The summed E-state index contributed by atoms with van der Waals surface area (Å²) in [5, 5.41) is 6.01. The number of ether oxygens (including phenoxy) is 2. The molecule has 1 aliphatic heterocycles. The van der Waals surface area contributed by atoms with E-state index in [4.69, 9.17) is 4.74 Å². The van der Waals surface area contributed by atoms with Crippen molar-refractivity contribution in [2.24, 2.45) is 0 Å². The summed E-state index contributed by atoms with van der Waals surface area (Å²) in [6, 6.07) is 6.27. The van der Waals surface area contributed by atoms with Crippen molar-refractivity contribution in [1.82, 2.24) is 20.3 Å². The van der Waals surface area contributed by atoms with Crippen LogP contribution in [0.2, 0.25) is 0 Å². The number of anilines is 2. The van der Waals surface area contributed by atoms with Crippen LogP contribution in [-0.4, -0.2) is 34.7 Å². The van der Waals surface area contributed by atoms with Gasteiger partial charge in [0.25, 0.3) is 0 Å². The number of nitrogens with zero attached hydrogens (tertiary/aromatic N) is 3. The topological polar surface area (TPSA) is 98.3 Å². The zero-order valence-electron chi connectivity index (χ0n) is 16.6. The maximum Gasteiger partial charge on any atom is 0.573 e. The molecule has 1 aromatic carbocycles. The van der Waals surface area contributed by atoms with Gasteiger partial charge in [0.05, 0.1) is 25.2 Å². The summed E-state index contributed by atoms with van der Waals surface area (Å²) in [6.45, 7) is 0. The quantitative estimate of drug-likeness (QED) is 0.552. The largest absolute Gasteiger partial charge is 0.573 e. The minimum absolute atomic E-state index is 0.305. The number of rotatable bonds is 6. The van der Waals surface area contributed by atoms with E-state index in [9.17, 15) is 18.0 Å². The lowest BCUT2D eigenvalue weighted by atomic mass is 9.98. The van der Waals surface area contributed by atoms with Gasteiger partial charge in [-0.3, -0.25) is 4.98 Å². The third-order valence-electron chi connectivity index (χ3n) is 4.51. The molecular weight excluding hydrogens is 427 g/mol. The number of hydrogen-bond acceptors (Lipinski definition) is 8. The SMILES string of the molecule is COc1cncc(-c2cc3c(c(Nc4ccc(OC(F)(F)F)cc4)n2)C(C=O)NC=C3)n1. The van der Waals surface area contributed by atoms with Crippen molar-refractivity contribution in [3.63, 3.8) is 0 Å². The van der Waals surface area contributed by atoms with Crippen LogP contribution < -0.4 is 20.1 Å². The molecule has 32 heavy (non-hydrogen) atoms. The Morgan fingerprint density at radius 3 is 2.59 bits per heavy atom. The molecule has 0 amide bonds. The second-order valence-electron chi connectivity index (χ2n) is 6.62. The van der Waals surface area contributed by atoms with Crippen LogP contribution in [0.5, 0.6) is 11.6 Å². The number of hydrogen-bond donors (Lipinski definition) is 2. The van der Waals surface area contributed by atoms with E-state index in [0.29, 0.717) is 34.3 Å². The Bertz CT molecular complexity index is 1170. The number of fused-ring (bicyclic) bond motifs is 1. The van der Waals surface area contributed by atoms with Gasteiger partial charge in [0.1, 0.15) is 29.6 Å². The molecule has 0 bridgehead atoms. The summed E-state index contributed by atoms with van der Waals surface area (Å²) in [6.07, 6.45) is 2.36. The normalized spacial score (nSPS) is 14.8. The number of nitrogens with one attached hydrogen (secondary N) is 2. The summed E-state index contributed by atoms with van der Waals surface area (Å²) >= 11 is 0. The van der Waals surface area contributed by atoms with Gasteiger partial charge in [-0.25, -0.2) is 9.97 Å². The standard InChI is InChI=1S/C21H16F3N5O3/c1-31-18-10-25-9-16(28-18)15-8-12-6-7-26-17(11-30)19(12)20(29-15)27-13-2-4-14(5-3-13)32-21(22,23)24/h2-11,17,26H,1H3,(H,27,29). The number of pyridine rings is 1. The van der Waals surface area contributed by atoms with E-state index in [0.717, 1.165) is 11.8 Å². The minimum atomic E-state index is -4.78. The number of carbonyl (C=O) groups excluding carboxylic acids is 1. The van der Waals surface area contributed by atoms with Crippen LogP contribution in [-0.2, 0) is 4.79 Å². The molecule has 1 aliphatic rings. The molecule has 2 N–H and O–H groups in total. The predicted molar refractivity (Wildman–Crippen MR) is 109 cm³/mol. The zero-order chi connectivity index (χ0) is 22.7. The van der Waals surface area contributed by atoms with Gasteiger partial charge >= 0.3 is 6.36 Å². The van der Waals surface area contributed by atoms with Crippen LogP contribution in [0.1, 0.15) is 17.2 Å². The van der Waals surface area contributed by atoms with Gasteiger partial charge in [-0.05, 0) is 48.2 Å². The fourth-order valence-electron chi connectivity index (χ4n) is 3.14. The first-order valence-corrected chi connectivity index (χ1v) is 9.28.